The molecule has 6 heteroatoms. The van der Waals surface area contributed by atoms with Crippen LogP contribution in [0.3, 0.4) is 0 Å². The quantitative estimate of drug-likeness (QED) is 0.730. The number of methoxy groups -OCH3 is 1. The van der Waals surface area contributed by atoms with E-state index in [-0.39, 0.29) is 12.1 Å². The molecule has 0 aliphatic carbocycles. The van der Waals surface area contributed by atoms with Crippen LogP contribution in [0.1, 0.15) is 24.2 Å². The summed E-state index contributed by atoms with van der Waals surface area (Å²) >= 11 is 0. The van der Waals surface area contributed by atoms with Crippen LogP contribution >= 0.6 is 0 Å². The predicted octanol–water partition coefficient (Wildman–Crippen LogP) is 2.67. The molecule has 0 bridgehead atoms. The van der Waals surface area contributed by atoms with Gasteiger partial charge in [0.05, 0.1) is 18.3 Å². The lowest BCUT2D eigenvalue weighted by atomic mass is 10.1. The van der Waals surface area contributed by atoms with Crippen LogP contribution in [-0.2, 0) is 11.3 Å². The monoisotopic (exact) mass is 329 g/mol. The third-order valence-electron chi connectivity index (χ3n) is 3.41. The maximum atomic E-state index is 11.8. The van der Waals surface area contributed by atoms with Crippen LogP contribution in [-0.4, -0.2) is 31.3 Å². The fourth-order valence-corrected chi connectivity index (χ4v) is 2.11. The van der Waals surface area contributed by atoms with E-state index in [2.05, 4.69) is 15.6 Å². The van der Waals surface area contributed by atoms with Gasteiger partial charge in [-0.15, -0.1) is 0 Å². The molecule has 128 valence electrons. The van der Waals surface area contributed by atoms with E-state index >= 15 is 0 Å². The summed E-state index contributed by atoms with van der Waals surface area (Å²) in [5.74, 6) is 0.742. The highest BCUT2D eigenvalue weighted by Gasteiger charge is 2.10. The zero-order chi connectivity index (χ0) is 17.2. The Labute approximate surface area is 142 Å². The van der Waals surface area contributed by atoms with Crippen LogP contribution in [0.4, 0.5) is 4.79 Å². The van der Waals surface area contributed by atoms with Crippen molar-refractivity contribution in [1.29, 1.82) is 0 Å². The number of ether oxygens (including phenoxy) is 2. The topological polar surface area (TPSA) is 72.5 Å². The van der Waals surface area contributed by atoms with Gasteiger partial charge in [-0.2, -0.15) is 0 Å². The van der Waals surface area contributed by atoms with Crippen LogP contribution in [0.2, 0.25) is 0 Å². The van der Waals surface area contributed by atoms with Gasteiger partial charge in [-0.05, 0) is 36.8 Å². The van der Waals surface area contributed by atoms with Crippen molar-refractivity contribution in [3.8, 4) is 5.75 Å². The molecule has 2 amide bonds. The summed E-state index contributed by atoms with van der Waals surface area (Å²) in [4.78, 5) is 16.0. The summed E-state index contributed by atoms with van der Waals surface area (Å²) in [6.45, 7) is 3.29. The van der Waals surface area contributed by atoms with Crippen molar-refractivity contribution in [2.24, 2.45) is 0 Å². The summed E-state index contributed by atoms with van der Waals surface area (Å²) in [6, 6.07) is 13.0. The molecule has 0 fully saturated rings. The molecule has 2 rings (SSSR count). The van der Waals surface area contributed by atoms with Gasteiger partial charge in [0.25, 0.3) is 0 Å². The molecule has 0 saturated carbocycles. The van der Waals surface area contributed by atoms with Gasteiger partial charge in [0, 0.05) is 19.9 Å². The first kappa shape index (κ1) is 17.7. The maximum Gasteiger partial charge on any atom is 0.315 e. The highest BCUT2D eigenvalue weighted by atomic mass is 16.5. The van der Waals surface area contributed by atoms with Crippen LogP contribution < -0.4 is 15.4 Å². The molecule has 1 aromatic carbocycles. The molecule has 0 aliphatic rings. The molecule has 1 aromatic heterocycles. The van der Waals surface area contributed by atoms with Gasteiger partial charge in [0.15, 0.2) is 0 Å². The first-order valence-electron chi connectivity index (χ1n) is 7.85. The summed E-state index contributed by atoms with van der Waals surface area (Å²) in [5, 5.41) is 5.61. The number of benzene rings is 1. The number of hydrogen-bond donors (Lipinski definition) is 2. The second kappa shape index (κ2) is 9.52. The average molecular weight is 329 g/mol. The van der Waals surface area contributed by atoms with Crippen molar-refractivity contribution in [2.75, 3.05) is 20.3 Å². The molecular formula is C18H23N3O3. The van der Waals surface area contributed by atoms with E-state index in [0.717, 1.165) is 17.0 Å². The van der Waals surface area contributed by atoms with Crippen molar-refractivity contribution in [1.82, 2.24) is 15.6 Å². The molecule has 0 spiro atoms. The lowest BCUT2D eigenvalue weighted by Gasteiger charge is -2.16. The lowest BCUT2D eigenvalue weighted by molar-refractivity contribution is 0.195. The van der Waals surface area contributed by atoms with Crippen molar-refractivity contribution >= 4 is 6.03 Å². The normalized spacial score (nSPS) is 11.6. The molecule has 24 heavy (non-hydrogen) atoms. The number of carbonyl (C=O) groups excluding carboxylic acids is 1. The van der Waals surface area contributed by atoms with Crippen LogP contribution in [0, 0.1) is 0 Å². The molecule has 0 unspecified atom stereocenters. The van der Waals surface area contributed by atoms with E-state index in [1.54, 1.807) is 13.3 Å². The minimum atomic E-state index is -0.223. The molecule has 1 atom stereocenters. The summed E-state index contributed by atoms with van der Waals surface area (Å²) in [7, 11) is 1.60. The van der Waals surface area contributed by atoms with Gasteiger partial charge in [-0.25, -0.2) is 4.79 Å². The van der Waals surface area contributed by atoms with Gasteiger partial charge in [0.2, 0.25) is 0 Å². The number of nitrogens with zero attached hydrogens (tertiary/aromatic N) is 1. The minimum absolute atomic E-state index is 0.133. The SMILES string of the molecule is COCCNC(=O)N[C@H](C)c1cccc(OCc2ccccn2)c1. The number of urea groups is 1. The van der Waals surface area contributed by atoms with E-state index in [4.69, 9.17) is 9.47 Å². The van der Waals surface area contributed by atoms with E-state index in [0.29, 0.717) is 19.8 Å². The second-order valence-corrected chi connectivity index (χ2v) is 5.30. The van der Waals surface area contributed by atoms with E-state index in [1.807, 2.05) is 49.4 Å². The highest BCUT2D eigenvalue weighted by molar-refractivity contribution is 5.74. The largest absolute Gasteiger partial charge is 0.487 e. The van der Waals surface area contributed by atoms with Crippen molar-refractivity contribution in [3.05, 3.63) is 59.9 Å². The third-order valence-corrected chi connectivity index (χ3v) is 3.41. The zero-order valence-corrected chi connectivity index (χ0v) is 14.0. The third kappa shape index (κ3) is 5.89. The summed E-state index contributed by atoms with van der Waals surface area (Å²) < 4.78 is 10.7. The molecule has 0 radical (unpaired) electrons. The number of aromatic nitrogens is 1. The maximum absolute atomic E-state index is 11.8. The zero-order valence-electron chi connectivity index (χ0n) is 14.0. The Hall–Kier alpha value is -2.60. The van der Waals surface area contributed by atoms with Crippen LogP contribution in [0.5, 0.6) is 5.75 Å². The number of rotatable bonds is 8. The minimum Gasteiger partial charge on any atom is -0.487 e. The van der Waals surface area contributed by atoms with E-state index in [9.17, 15) is 4.79 Å². The van der Waals surface area contributed by atoms with Crippen LogP contribution in [0.15, 0.2) is 48.7 Å². The Balaban J connectivity index is 1.88. The Morgan fingerprint density at radius 2 is 2.12 bits per heavy atom. The van der Waals surface area contributed by atoms with Crippen molar-refractivity contribution in [3.63, 3.8) is 0 Å². The number of pyridine rings is 1. The van der Waals surface area contributed by atoms with E-state index < -0.39 is 0 Å². The number of hydrogen-bond acceptors (Lipinski definition) is 4. The fraction of sp³-hybridized carbons (Fsp3) is 0.333. The fourth-order valence-electron chi connectivity index (χ4n) is 2.11. The van der Waals surface area contributed by atoms with E-state index in [1.165, 1.54) is 0 Å². The smallest absolute Gasteiger partial charge is 0.315 e. The molecule has 0 aliphatic heterocycles. The average Bonchev–Trinajstić information content (AvgIpc) is 2.61. The Bertz CT molecular complexity index is 634. The number of carbonyl (C=O) groups is 1. The predicted molar refractivity (Wildman–Crippen MR) is 91.8 cm³/mol. The second-order valence-electron chi connectivity index (χ2n) is 5.30. The van der Waals surface area contributed by atoms with Gasteiger partial charge in [-0.1, -0.05) is 18.2 Å². The van der Waals surface area contributed by atoms with Gasteiger partial charge >= 0.3 is 6.03 Å². The van der Waals surface area contributed by atoms with Crippen molar-refractivity contribution < 1.29 is 14.3 Å². The number of nitrogens with one attached hydrogen (secondary N) is 2. The standard InChI is InChI=1S/C18H23N3O3/c1-14(21-18(22)20-10-11-23-2)15-6-5-8-17(12-15)24-13-16-7-3-4-9-19-16/h3-9,12,14H,10-11,13H2,1-2H3,(H2,20,21,22)/t14-/m1/s1. The Morgan fingerprint density at radius 1 is 1.25 bits per heavy atom. The molecular weight excluding hydrogens is 306 g/mol. The molecule has 6 nitrogen and oxygen atoms in total. The number of amides is 2. The first-order chi connectivity index (χ1) is 11.7. The van der Waals surface area contributed by atoms with Gasteiger partial charge < -0.3 is 20.1 Å². The molecule has 1 heterocycles. The molecule has 0 saturated heterocycles. The van der Waals surface area contributed by atoms with Gasteiger partial charge in [-0.3, -0.25) is 4.98 Å². The molecule has 2 aromatic rings. The van der Waals surface area contributed by atoms with Crippen LogP contribution in [0.25, 0.3) is 0 Å². The summed E-state index contributed by atoms with van der Waals surface area (Å²) in [5.41, 5.74) is 1.84. The van der Waals surface area contributed by atoms with Gasteiger partial charge in [0.1, 0.15) is 12.4 Å². The first-order valence-corrected chi connectivity index (χ1v) is 7.85. The Kier molecular flexibility index (Phi) is 7.04. The lowest BCUT2D eigenvalue weighted by Crippen LogP contribution is -2.38. The Morgan fingerprint density at radius 3 is 2.88 bits per heavy atom. The molecule has 2 N–H and O–H groups in total. The van der Waals surface area contributed by atoms with Crippen molar-refractivity contribution in [2.45, 2.75) is 19.6 Å². The summed E-state index contributed by atoms with van der Waals surface area (Å²) in [6.07, 6.45) is 1.74. The highest BCUT2D eigenvalue weighted by Crippen LogP contribution is 2.19.